The highest BCUT2D eigenvalue weighted by Gasteiger charge is 2.28. The molecule has 0 unspecified atom stereocenters. The van der Waals surface area contributed by atoms with Crippen molar-refractivity contribution in [3.05, 3.63) is 12.2 Å². The fourth-order valence-corrected chi connectivity index (χ4v) is 2.62. The van der Waals surface area contributed by atoms with Gasteiger partial charge in [-0.2, -0.15) is 0 Å². The van der Waals surface area contributed by atoms with E-state index in [1.54, 1.807) is 0 Å². The van der Waals surface area contributed by atoms with Crippen molar-refractivity contribution < 1.29 is 0 Å². The van der Waals surface area contributed by atoms with Gasteiger partial charge < -0.3 is 0 Å². The topological polar surface area (TPSA) is 0 Å². The standard InChI is InChI=1S/C9H15B/c1-10-6-8-3-2-4-9(5-8)7-10/h2-3,8-9H,4-7H2,1H3/t8-,9-/m0/s1. The van der Waals surface area contributed by atoms with Crippen molar-refractivity contribution in [1.82, 2.24) is 0 Å². The van der Waals surface area contributed by atoms with Crippen LogP contribution in [0.5, 0.6) is 0 Å². The van der Waals surface area contributed by atoms with Crippen LogP contribution in [0, 0.1) is 11.8 Å². The normalized spacial score (nSPS) is 38.3. The van der Waals surface area contributed by atoms with Gasteiger partial charge in [-0.15, -0.1) is 0 Å². The zero-order valence-electron chi connectivity index (χ0n) is 6.72. The van der Waals surface area contributed by atoms with Gasteiger partial charge in [-0.1, -0.05) is 31.6 Å². The lowest BCUT2D eigenvalue weighted by Crippen LogP contribution is -2.26. The van der Waals surface area contributed by atoms with Gasteiger partial charge in [-0.05, 0) is 24.7 Å². The van der Waals surface area contributed by atoms with E-state index in [-0.39, 0.29) is 0 Å². The Morgan fingerprint density at radius 2 is 2.30 bits per heavy atom. The van der Waals surface area contributed by atoms with E-state index in [0.717, 1.165) is 18.5 Å². The first kappa shape index (κ1) is 6.51. The van der Waals surface area contributed by atoms with Crippen molar-refractivity contribution in [2.24, 2.45) is 11.8 Å². The molecule has 0 aromatic heterocycles. The smallest absolute Gasteiger partial charge is 0.0880 e. The number of hydrogen-bond donors (Lipinski definition) is 0. The quantitative estimate of drug-likeness (QED) is 0.353. The van der Waals surface area contributed by atoms with Crippen molar-refractivity contribution in [1.29, 1.82) is 0 Å². The average Bonchev–Trinajstić information content (AvgIpc) is 1.85. The molecule has 2 atom stereocenters. The van der Waals surface area contributed by atoms with Crippen LogP contribution in [0.4, 0.5) is 0 Å². The van der Waals surface area contributed by atoms with Gasteiger partial charge in [0.1, 0.15) is 6.71 Å². The number of fused-ring (bicyclic) bond motifs is 2. The molecule has 0 spiro atoms. The van der Waals surface area contributed by atoms with Crippen LogP contribution >= 0.6 is 0 Å². The van der Waals surface area contributed by atoms with Gasteiger partial charge in [-0.25, -0.2) is 0 Å². The van der Waals surface area contributed by atoms with Gasteiger partial charge in [0, 0.05) is 0 Å². The summed E-state index contributed by atoms with van der Waals surface area (Å²) in [5, 5.41) is 0. The van der Waals surface area contributed by atoms with Gasteiger partial charge in [0.15, 0.2) is 0 Å². The van der Waals surface area contributed by atoms with Crippen LogP contribution in [0.1, 0.15) is 12.8 Å². The number of rotatable bonds is 0. The average molecular weight is 134 g/mol. The van der Waals surface area contributed by atoms with E-state index in [1.807, 2.05) is 0 Å². The highest BCUT2D eigenvalue weighted by atomic mass is 14.2. The summed E-state index contributed by atoms with van der Waals surface area (Å²) in [5.41, 5.74) is 0. The lowest BCUT2D eigenvalue weighted by molar-refractivity contribution is 0.422. The van der Waals surface area contributed by atoms with Crippen molar-refractivity contribution in [2.75, 3.05) is 0 Å². The summed E-state index contributed by atoms with van der Waals surface area (Å²) in [7, 11) is 0. The molecule has 1 aliphatic carbocycles. The molecule has 1 heterocycles. The molecule has 2 aliphatic rings. The number of allylic oxidation sites excluding steroid dienone is 2. The highest BCUT2D eigenvalue weighted by Crippen LogP contribution is 2.36. The Morgan fingerprint density at radius 3 is 3.10 bits per heavy atom. The molecule has 2 rings (SSSR count). The lowest BCUT2D eigenvalue weighted by Gasteiger charge is -2.32. The lowest BCUT2D eigenvalue weighted by atomic mass is 9.38. The van der Waals surface area contributed by atoms with Gasteiger partial charge >= 0.3 is 0 Å². The second-order valence-electron chi connectivity index (χ2n) is 4.10. The molecule has 1 aliphatic heterocycles. The Labute approximate surface area is 63.8 Å². The maximum atomic E-state index is 2.44. The van der Waals surface area contributed by atoms with E-state index in [2.05, 4.69) is 19.0 Å². The molecular weight excluding hydrogens is 119 g/mol. The third-order valence-electron chi connectivity index (χ3n) is 2.95. The third-order valence-corrected chi connectivity index (χ3v) is 2.95. The highest BCUT2D eigenvalue weighted by molar-refractivity contribution is 6.57. The van der Waals surface area contributed by atoms with Gasteiger partial charge in [0.2, 0.25) is 0 Å². The molecule has 0 saturated carbocycles. The van der Waals surface area contributed by atoms with Crippen LogP contribution in [-0.2, 0) is 0 Å². The molecule has 0 N–H and O–H groups in total. The first-order chi connectivity index (χ1) is 4.84. The molecule has 0 nitrogen and oxygen atoms in total. The zero-order valence-corrected chi connectivity index (χ0v) is 6.72. The SMILES string of the molecule is CB1C[C@H]2C=CC[C@H](C1)C2. The predicted octanol–water partition coefficient (Wildman–Crippen LogP) is 2.71. The Bertz CT molecular complexity index is 151. The summed E-state index contributed by atoms with van der Waals surface area (Å²) in [4.78, 5) is 0. The molecule has 1 heteroatoms. The summed E-state index contributed by atoms with van der Waals surface area (Å²) >= 11 is 0. The molecule has 10 heavy (non-hydrogen) atoms. The molecule has 0 aromatic rings. The summed E-state index contributed by atoms with van der Waals surface area (Å²) in [6, 6.07) is 0. The van der Waals surface area contributed by atoms with Gasteiger partial charge in [0.25, 0.3) is 0 Å². The number of hydrogen-bond acceptors (Lipinski definition) is 0. The van der Waals surface area contributed by atoms with Crippen LogP contribution in [0.25, 0.3) is 0 Å². The minimum atomic E-state index is 0.947. The molecule has 0 radical (unpaired) electrons. The fraction of sp³-hybridized carbons (Fsp3) is 0.778. The molecule has 0 aromatic carbocycles. The minimum Gasteiger partial charge on any atom is -0.0880 e. The van der Waals surface area contributed by atoms with E-state index in [9.17, 15) is 0 Å². The van der Waals surface area contributed by atoms with Crippen LogP contribution < -0.4 is 0 Å². The van der Waals surface area contributed by atoms with Crippen LogP contribution in [-0.4, -0.2) is 6.71 Å². The fourth-order valence-electron chi connectivity index (χ4n) is 2.62. The van der Waals surface area contributed by atoms with E-state index >= 15 is 0 Å². The Hall–Kier alpha value is -0.195. The molecule has 2 bridgehead atoms. The van der Waals surface area contributed by atoms with Gasteiger partial charge in [-0.3, -0.25) is 0 Å². The first-order valence-corrected chi connectivity index (χ1v) is 4.51. The monoisotopic (exact) mass is 134 g/mol. The maximum absolute atomic E-state index is 2.44. The Morgan fingerprint density at radius 1 is 1.40 bits per heavy atom. The molecule has 54 valence electrons. The molecule has 0 amide bonds. The first-order valence-electron chi connectivity index (χ1n) is 4.51. The van der Waals surface area contributed by atoms with Crippen LogP contribution in [0.15, 0.2) is 12.2 Å². The third kappa shape index (κ3) is 1.14. The largest absolute Gasteiger partial charge is 0.137 e. The van der Waals surface area contributed by atoms with Crippen molar-refractivity contribution in [3.8, 4) is 0 Å². The van der Waals surface area contributed by atoms with Crippen molar-refractivity contribution in [3.63, 3.8) is 0 Å². The van der Waals surface area contributed by atoms with Crippen molar-refractivity contribution in [2.45, 2.75) is 32.3 Å². The maximum Gasteiger partial charge on any atom is 0.137 e. The zero-order chi connectivity index (χ0) is 6.97. The molecule has 1 fully saturated rings. The second kappa shape index (κ2) is 2.45. The Kier molecular flexibility index (Phi) is 1.59. The predicted molar refractivity (Wildman–Crippen MR) is 46.6 cm³/mol. The van der Waals surface area contributed by atoms with E-state index in [4.69, 9.17) is 0 Å². The van der Waals surface area contributed by atoms with E-state index < -0.39 is 0 Å². The van der Waals surface area contributed by atoms with E-state index in [0.29, 0.717) is 0 Å². The Balaban J connectivity index is 2.09. The van der Waals surface area contributed by atoms with Crippen LogP contribution in [0.3, 0.4) is 0 Å². The minimum absolute atomic E-state index is 0.947. The van der Waals surface area contributed by atoms with Crippen LogP contribution in [0.2, 0.25) is 19.5 Å². The summed E-state index contributed by atoms with van der Waals surface area (Å²) in [6.45, 7) is 3.40. The molecule has 1 saturated heterocycles. The second-order valence-corrected chi connectivity index (χ2v) is 4.10. The van der Waals surface area contributed by atoms with Gasteiger partial charge in [0.05, 0.1) is 0 Å². The summed E-state index contributed by atoms with van der Waals surface area (Å²) < 4.78 is 0. The molecular formula is C9H15B. The van der Waals surface area contributed by atoms with E-state index in [1.165, 1.54) is 25.5 Å². The summed E-state index contributed by atoms with van der Waals surface area (Å²) in [5.74, 6) is 1.99. The summed E-state index contributed by atoms with van der Waals surface area (Å²) in [6.07, 6.45) is 10.6. The van der Waals surface area contributed by atoms with Crippen molar-refractivity contribution >= 4 is 6.71 Å².